The zero-order chi connectivity index (χ0) is 21.3. The van der Waals surface area contributed by atoms with Crippen LogP contribution < -0.4 is 14.8 Å². The fraction of sp³-hybridized carbons (Fsp3) is 0.263. The molecule has 2 heterocycles. The fourth-order valence-electron chi connectivity index (χ4n) is 2.94. The van der Waals surface area contributed by atoms with Gasteiger partial charge in [0.25, 0.3) is 0 Å². The molecular formula is C19H16F3N5O3. The topological polar surface area (TPSA) is 91.2 Å². The van der Waals surface area contributed by atoms with Crippen molar-refractivity contribution in [1.29, 1.82) is 0 Å². The van der Waals surface area contributed by atoms with Crippen LogP contribution in [0.4, 0.5) is 13.2 Å². The van der Waals surface area contributed by atoms with Gasteiger partial charge in [-0.1, -0.05) is 18.2 Å². The molecule has 156 valence electrons. The lowest BCUT2D eigenvalue weighted by Crippen LogP contribution is -2.30. The first-order valence-electron chi connectivity index (χ1n) is 8.94. The number of nitrogens with one attached hydrogen (secondary N) is 1. The van der Waals surface area contributed by atoms with Crippen molar-refractivity contribution in [3.63, 3.8) is 0 Å². The first-order valence-corrected chi connectivity index (χ1v) is 8.94. The average molecular weight is 419 g/mol. The molecule has 0 radical (unpaired) electrons. The molecule has 30 heavy (non-hydrogen) atoms. The van der Waals surface area contributed by atoms with Crippen molar-refractivity contribution in [1.82, 2.24) is 25.5 Å². The summed E-state index contributed by atoms with van der Waals surface area (Å²) in [6, 6.07) is 9.64. The Labute approximate surface area is 168 Å². The average Bonchev–Trinajstić information content (AvgIpc) is 3.36. The smallest absolute Gasteiger partial charge is 0.416 e. The summed E-state index contributed by atoms with van der Waals surface area (Å²) in [4.78, 5) is 13.3. The first-order chi connectivity index (χ1) is 14.3. The number of tetrazole rings is 1. The molecule has 1 aromatic heterocycles. The highest BCUT2D eigenvalue weighted by atomic mass is 19.4. The number of ether oxygens (including phenoxy) is 2. The Morgan fingerprint density at radius 1 is 1.20 bits per heavy atom. The predicted molar refractivity (Wildman–Crippen MR) is 97.4 cm³/mol. The predicted octanol–water partition coefficient (Wildman–Crippen LogP) is 2.97. The van der Waals surface area contributed by atoms with E-state index < -0.39 is 11.7 Å². The minimum absolute atomic E-state index is 0.00211. The lowest BCUT2D eigenvalue weighted by atomic mass is 10.1. The number of alkyl halides is 3. The molecule has 1 unspecified atom stereocenters. The van der Waals surface area contributed by atoms with Crippen molar-refractivity contribution in [2.45, 2.75) is 25.7 Å². The van der Waals surface area contributed by atoms with Crippen molar-refractivity contribution in [2.75, 3.05) is 6.79 Å². The maximum absolute atomic E-state index is 12.9. The highest BCUT2D eigenvalue weighted by Crippen LogP contribution is 2.34. The monoisotopic (exact) mass is 419 g/mol. The lowest BCUT2D eigenvalue weighted by molar-refractivity contribution is -0.137. The van der Waals surface area contributed by atoms with Crippen molar-refractivity contribution >= 4 is 5.91 Å². The van der Waals surface area contributed by atoms with Gasteiger partial charge in [-0.15, -0.1) is 10.2 Å². The Hall–Kier alpha value is -3.63. The second-order valence-electron chi connectivity index (χ2n) is 6.62. The second kappa shape index (κ2) is 7.65. The molecule has 2 aromatic carbocycles. The van der Waals surface area contributed by atoms with Crippen molar-refractivity contribution < 1.29 is 27.4 Å². The van der Waals surface area contributed by atoms with Gasteiger partial charge in [-0.05, 0) is 42.0 Å². The molecule has 0 fully saturated rings. The van der Waals surface area contributed by atoms with E-state index in [1.807, 2.05) is 6.07 Å². The van der Waals surface area contributed by atoms with E-state index in [2.05, 4.69) is 20.7 Å². The molecule has 0 spiro atoms. The minimum atomic E-state index is -4.48. The van der Waals surface area contributed by atoms with Gasteiger partial charge < -0.3 is 14.8 Å². The van der Waals surface area contributed by atoms with Gasteiger partial charge in [0.2, 0.25) is 18.5 Å². The number of carbonyl (C=O) groups excluding carboxylic acids is 1. The van der Waals surface area contributed by atoms with Crippen LogP contribution in [0.25, 0.3) is 11.4 Å². The molecule has 1 aliphatic rings. The summed E-state index contributed by atoms with van der Waals surface area (Å²) in [6.07, 6.45) is -4.48. The standard InChI is InChI=1S/C19H16F3N5O3/c1-11(12-5-6-15-16(8-12)30-10-29-15)23-17(28)9-27-25-18(24-26-27)13-3-2-4-14(7-13)19(20,21)22/h2-8,11H,9-10H2,1H3,(H,23,28). The summed E-state index contributed by atoms with van der Waals surface area (Å²) < 4.78 is 49.2. The number of fused-ring (bicyclic) bond motifs is 1. The highest BCUT2D eigenvalue weighted by molar-refractivity contribution is 5.76. The van der Waals surface area contributed by atoms with E-state index in [-0.39, 0.29) is 36.7 Å². The van der Waals surface area contributed by atoms with Crippen LogP contribution in [0.1, 0.15) is 24.1 Å². The van der Waals surface area contributed by atoms with Gasteiger partial charge >= 0.3 is 6.18 Å². The summed E-state index contributed by atoms with van der Waals surface area (Å²) in [5.41, 5.74) is 0.167. The third-order valence-corrected chi connectivity index (χ3v) is 4.46. The third-order valence-electron chi connectivity index (χ3n) is 4.46. The molecule has 0 saturated heterocycles. The van der Waals surface area contributed by atoms with Gasteiger partial charge in [0.15, 0.2) is 11.5 Å². The van der Waals surface area contributed by atoms with E-state index in [1.165, 1.54) is 12.1 Å². The fourth-order valence-corrected chi connectivity index (χ4v) is 2.94. The van der Waals surface area contributed by atoms with Gasteiger partial charge in [-0.3, -0.25) is 4.79 Å². The molecule has 0 bridgehead atoms. The van der Waals surface area contributed by atoms with E-state index in [1.54, 1.807) is 19.1 Å². The molecule has 0 saturated carbocycles. The highest BCUT2D eigenvalue weighted by Gasteiger charge is 2.30. The minimum Gasteiger partial charge on any atom is -0.454 e. The Bertz CT molecular complexity index is 1080. The number of nitrogens with zero attached hydrogens (tertiary/aromatic N) is 4. The lowest BCUT2D eigenvalue weighted by Gasteiger charge is -2.14. The van der Waals surface area contributed by atoms with Crippen LogP contribution in [0.5, 0.6) is 11.5 Å². The molecule has 3 aromatic rings. The molecule has 1 atom stereocenters. The summed E-state index contributed by atoms with van der Waals surface area (Å²) in [6.45, 7) is 1.73. The molecule has 1 amide bonds. The Kier molecular flexibility index (Phi) is 5.02. The summed E-state index contributed by atoms with van der Waals surface area (Å²) in [5.74, 6) is 0.870. The van der Waals surface area contributed by atoms with Gasteiger partial charge in [0.05, 0.1) is 11.6 Å². The van der Waals surface area contributed by atoms with Crippen LogP contribution >= 0.6 is 0 Å². The number of carbonyl (C=O) groups is 1. The SMILES string of the molecule is CC(NC(=O)Cn1nnc(-c2cccc(C(F)(F)F)c2)n1)c1ccc2c(c1)OCO2. The van der Waals surface area contributed by atoms with Gasteiger partial charge in [0, 0.05) is 5.56 Å². The molecule has 8 nitrogen and oxygen atoms in total. The van der Waals surface area contributed by atoms with Crippen molar-refractivity contribution in [2.24, 2.45) is 0 Å². The Morgan fingerprint density at radius 3 is 2.80 bits per heavy atom. The molecule has 1 aliphatic heterocycles. The largest absolute Gasteiger partial charge is 0.454 e. The van der Waals surface area contributed by atoms with E-state index in [0.717, 1.165) is 22.5 Å². The van der Waals surface area contributed by atoms with Crippen LogP contribution in [0, 0.1) is 0 Å². The number of hydrogen-bond acceptors (Lipinski definition) is 6. The molecular weight excluding hydrogens is 403 g/mol. The van der Waals surface area contributed by atoms with E-state index >= 15 is 0 Å². The van der Waals surface area contributed by atoms with Crippen LogP contribution in [0.15, 0.2) is 42.5 Å². The van der Waals surface area contributed by atoms with Crippen LogP contribution in [-0.2, 0) is 17.5 Å². The number of halogens is 3. The second-order valence-corrected chi connectivity index (χ2v) is 6.62. The molecule has 4 rings (SSSR count). The summed E-state index contributed by atoms with van der Waals surface area (Å²) in [5, 5.41) is 14.3. The maximum Gasteiger partial charge on any atom is 0.416 e. The number of hydrogen-bond donors (Lipinski definition) is 1. The molecule has 11 heteroatoms. The number of benzene rings is 2. The van der Waals surface area contributed by atoms with Crippen LogP contribution in [0.3, 0.4) is 0 Å². The number of amides is 1. The summed E-state index contributed by atoms with van der Waals surface area (Å²) >= 11 is 0. The Balaban J connectivity index is 1.41. The van der Waals surface area contributed by atoms with E-state index in [4.69, 9.17) is 9.47 Å². The summed E-state index contributed by atoms with van der Waals surface area (Å²) in [7, 11) is 0. The van der Waals surface area contributed by atoms with Crippen LogP contribution in [0.2, 0.25) is 0 Å². The first kappa shape index (κ1) is 19.7. The van der Waals surface area contributed by atoms with Gasteiger partial charge in [-0.25, -0.2) is 0 Å². The number of aromatic nitrogens is 4. The normalized spacial score (nSPS) is 13.9. The molecule has 1 N–H and O–H groups in total. The van der Waals surface area contributed by atoms with Crippen LogP contribution in [-0.4, -0.2) is 32.9 Å². The van der Waals surface area contributed by atoms with Gasteiger partial charge in [-0.2, -0.15) is 18.0 Å². The maximum atomic E-state index is 12.9. The quantitative estimate of drug-likeness (QED) is 0.684. The van der Waals surface area contributed by atoms with Crippen molar-refractivity contribution in [3.05, 3.63) is 53.6 Å². The molecule has 0 aliphatic carbocycles. The number of rotatable bonds is 5. The van der Waals surface area contributed by atoms with E-state index in [0.29, 0.717) is 11.5 Å². The Morgan fingerprint density at radius 2 is 2.00 bits per heavy atom. The van der Waals surface area contributed by atoms with E-state index in [9.17, 15) is 18.0 Å². The van der Waals surface area contributed by atoms with Gasteiger partial charge in [0.1, 0.15) is 6.54 Å². The zero-order valence-corrected chi connectivity index (χ0v) is 15.7. The third kappa shape index (κ3) is 4.19. The zero-order valence-electron chi connectivity index (χ0n) is 15.7. The van der Waals surface area contributed by atoms with Crippen molar-refractivity contribution in [3.8, 4) is 22.9 Å².